The molecule has 2 rings (SSSR count). The molecule has 1 amide bonds. The fourth-order valence-corrected chi connectivity index (χ4v) is 3.37. The van der Waals surface area contributed by atoms with Crippen molar-refractivity contribution in [1.29, 1.82) is 0 Å². The van der Waals surface area contributed by atoms with E-state index in [4.69, 9.17) is 0 Å². The van der Waals surface area contributed by atoms with Gasteiger partial charge in [-0.05, 0) is 12.3 Å². The predicted molar refractivity (Wildman–Crippen MR) is 60.2 cm³/mol. The van der Waals surface area contributed by atoms with Gasteiger partial charge in [-0.2, -0.15) is 0 Å². The molecule has 1 aliphatic carbocycles. The van der Waals surface area contributed by atoms with Crippen LogP contribution in [0.5, 0.6) is 0 Å². The van der Waals surface area contributed by atoms with Gasteiger partial charge in [-0.3, -0.25) is 4.79 Å². The van der Waals surface area contributed by atoms with Crippen molar-refractivity contribution in [2.75, 3.05) is 18.2 Å². The molecule has 0 aromatic heterocycles. The van der Waals surface area contributed by atoms with E-state index in [0.29, 0.717) is 5.91 Å². The van der Waals surface area contributed by atoms with Crippen LogP contribution in [0.2, 0.25) is 0 Å². The summed E-state index contributed by atoms with van der Waals surface area (Å²) in [5.74, 6) is 3.31. The van der Waals surface area contributed by atoms with Gasteiger partial charge in [0.2, 0.25) is 5.91 Å². The first-order chi connectivity index (χ1) is 6.86. The molecule has 0 bridgehead atoms. The van der Waals surface area contributed by atoms with E-state index in [2.05, 4.69) is 0 Å². The van der Waals surface area contributed by atoms with Gasteiger partial charge in [0, 0.05) is 18.7 Å². The molecule has 14 heavy (non-hydrogen) atoms. The zero-order valence-electron chi connectivity index (χ0n) is 8.71. The summed E-state index contributed by atoms with van der Waals surface area (Å²) in [7, 11) is 0. The van der Waals surface area contributed by atoms with Crippen LogP contribution in [0.3, 0.4) is 0 Å². The number of hydrogen-bond acceptors (Lipinski definition) is 2. The van der Waals surface area contributed by atoms with Gasteiger partial charge < -0.3 is 4.90 Å². The third-order valence-electron chi connectivity index (χ3n) is 3.35. The number of nitrogens with zero attached hydrogens (tertiary/aromatic N) is 1. The molecule has 0 radical (unpaired) electrons. The zero-order valence-corrected chi connectivity index (χ0v) is 9.52. The van der Waals surface area contributed by atoms with Crippen LogP contribution in [-0.2, 0) is 4.79 Å². The standard InChI is InChI=1S/C11H19NOS/c13-11(12-7-8-14-9-12)6-5-10-3-1-2-4-10/h10H,1-9H2. The van der Waals surface area contributed by atoms with Crippen molar-refractivity contribution in [3.05, 3.63) is 0 Å². The van der Waals surface area contributed by atoms with Crippen molar-refractivity contribution < 1.29 is 4.79 Å². The summed E-state index contributed by atoms with van der Waals surface area (Å²) in [5.41, 5.74) is 0. The first-order valence-corrected chi connectivity index (χ1v) is 6.87. The summed E-state index contributed by atoms with van der Waals surface area (Å²) in [6, 6.07) is 0. The smallest absolute Gasteiger partial charge is 0.223 e. The Bertz CT molecular complexity index is 195. The van der Waals surface area contributed by atoms with E-state index in [1.165, 1.54) is 25.7 Å². The summed E-state index contributed by atoms with van der Waals surface area (Å²) in [6.07, 6.45) is 7.44. The molecule has 1 aliphatic heterocycles. The van der Waals surface area contributed by atoms with Crippen LogP contribution < -0.4 is 0 Å². The average molecular weight is 213 g/mol. The quantitative estimate of drug-likeness (QED) is 0.718. The van der Waals surface area contributed by atoms with Crippen LogP contribution in [0.1, 0.15) is 38.5 Å². The maximum atomic E-state index is 11.7. The van der Waals surface area contributed by atoms with Crippen LogP contribution in [0.25, 0.3) is 0 Å². The molecule has 0 unspecified atom stereocenters. The van der Waals surface area contributed by atoms with E-state index in [1.807, 2.05) is 16.7 Å². The molecule has 2 aliphatic rings. The van der Waals surface area contributed by atoms with Crippen LogP contribution in [0.4, 0.5) is 0 Å². The van der Waals surface area contributed by atoms with Gasteiger partial charge in [0.25, 0.3) is 0 Å². The number of thioether (sulfide) groups is 1. The maximum Gasteiger partial charge on any atom is 0.223 e. The largest absolute Gasteiger partial charge is 0.333 e. The minimum Gasteiger partial charge on any atom is -0.333 e. The van der Waals surface area contributed by atoms with Gasteiger partial charge in [-0.1, -0.05) is 25.7 Å². The van der Waals surface area contributed by atoms with Crippen LogP contribution in [0, 0.1) is 5.92 Å². The topological polar surface area (TPSA) is 20.3 Å². The molecule has 2 nitrogen and oxygen atoms in total. The highest BCUT2D eigenvalue weighted by Crippen LogP contribution is 2.29. The Balaban J connectivity index is 1.66. The SMILES string of the molecule is O=C(CCC1CCCC1)N1CCSC1. The van der Waals surface area contributed by atoms with Gasteiger partial charge in [-0.25, -0.2) is 0 Å². The van der Waals surface area contributed by atoms with Crippen molar-refractivity contribution >= 4 is 17.7 Å². The van der Waals surface area contributed by atoms with Gasteiger partial charge in [0.1, 0.15) is 0 Å². The summed E-state index contributed by atoms with van der Waals surface area (Å²) >= 11 is 1.87. The molecule has 80 valence electrons. The van der Waals surface area contributed by atoms with Crippen molar-refractivity contribution in [3.63, 3.8) is 0 Å². The Kier molecular flexibility index (Phi) is 3.74. The Morgan fingerprint density at radius 2 is 2.14 bits per heavy atom. The molecule has 0 aromatic rings. The highest BCUT2D eigenvalue weighted by Gasteiger charge is 2.20. The van der Waals surface area contributed by atoms with E-state index in [1.54, 1.807) is 0 Å². The first kappa shape index (κ1) is 10.3. The number of amides is 1. The fourth-order valence-electron chi connectivity index (χ4n) is 2.40. The molecular formula is C11H19NOS. The highest BCUT2D eigenvalue weighted by molar-refractivity contribution is 7.99. The normalized spacial score (nSPS) is 23.3. The minimum atomic E-state index is 0.391. The Labute approximate surface area is 90.4 Å². The lowest BCUT2D eigenvalue weighted by molar-refractivity contribution is -0.130. The molecule has 0 spiro atoms. The lowest BCUT2D eigenvalue weighted by Gasteiger charge is -2.15. The highest BCUT2D eigenvalue weighted by atomic mass is 32.2. The van der Waals surface area contributed by atoms with E-state index in [0.717, 1.165) is 36.9 Å². The van der Waals surface area contributed by atoms with Gasteiger partial charge in [0.05, 0.1) is 5.88 Å². The molecule has 0 N–H and O–H groups in total. The van der Waals surface area contributed by atoms with Gasteiger partial charge in [-0.15, -0.1) is 11.8 Å². The van der Waals surface area contributed by atoms with Crippen LogP contribution >= 0.6 is 11.8 Å². The lowest BCUT2D eigenvalue weighted by Crippen LogP contribution is -2.27. The molecule has 1 saturated heterocycles. The fraction of sp³-hybridized carbons (Fsp3) is 0.909. The molecule has 0 aromatic carbocycles. The average Bonchev–Trinajstić information content (AvgIpc) is 2.87. The lowest BCUT2D eigenvalue weighted by atomic mass is 10.0. The van der Waals surface area contributed by atoms with Crippen molar-refractivity contribution in [3.8, 4) is 0 Å². The molecule has 3 heteroatoms. The van der Waals surface area contributed by atoms with Crippen molar-refractivity contribution in [2.45, 2.75) is 38.5 Å². The molecule has 2 fully saturated rings. The number of carbonyl (C=O) groups excluding carboxylic acids is 1. The van der Waals surface area contributed by atoms with Crippen LogP contribution in [-0.4, -0.2) is 29.0 Å². The summed E-state index contributed by atoms with van der Waals surface area (Å²) in [4.78, 5) is 13.7. The number of hydrogen-bond donors (Lipinski definition) is 0. The maximum absolute atomic E-state index is 11.7. The van der Waals surface area contributed by atoms with E-state index in [-0.39, 0.29) is 0 Å². The van der Waals surface area contributed by atoms with Crippen LogP contribution in [0.15, 0.2) is 0 Å². The second-order valence-corrected chi connectivity index (χ2v) is 5.46. The summed E-state index contributed by atoms with van der Waals surface area (Å²) < 4.78 is 0. The second-order valence-electron chi connectivity index (χ2n) is 4.38. The van der Waals surface area contributed by atoms with Crippen molar-refractivity contribution in [1.82, 2.24) is 4.90 Å². The Hall–Kier alpha value is -0.180. The molecular weight excluding hydrogens is 194 g/mol. The summed E-state index contributed by atoms with van der Waals surface area (Å²) in [5, 5.41) is 0. The Morgan fingerprint density at radius 1 is 1.36 bits per heavy atom. The van der Waals surface area contributed by atoms with Gasteiger partial charge >= 0.3 is 0 Å². The van der Waals surface area contributed by atoms with Gasteiger partial charge in [0.15, 0.2) is 0 Å². The first-order valence-electron chi connectivity index (χ1n) is 5.72. The monoisotopic (exact) mass is 213 g/mol. The number of carbonyl (C=O) groups is 1. The predicted octanol–water partition coefficient (Wildman–Crippen LogP) is 2.49. The molecule has 1 heterocycles. The third kappa shape index (κ3) is 2.66. The minimum absolute atomic E-state index is 0.391. The molecule has 0 atom stereocenters. The zero-order chi connectivity index (χ0) is 9.80. The van der Waals surface area contributed by atoms with E-state index < -0.39 is 0 Å². The second kappa shape index (κ2) is 5.06. The van der Waals surface area contributed by atoms with Crippen molar-refractivity contribution in [2.24, 2.45) is 5.92 Å². The third-order valence-corrected chi connectivity index (χ3v) is 4.31. The summed E-state index contributed by atoms with van der Waals surface area (Å²) in [6.45, 7) is 0.980. The number of rotatable bonds is 3. The van der Waals surface area contributed by atoms with E-state index in [9.17, 15) is 4.79 Å². The Morgan fingerprint density at radius 3 is 2.79 bits per heavy atom. The van der Waals surface area contributed by atoms with E-state index >= 15 is 0 Å². The molecule has 1 saturated carbocycles.